The van der Waals surface area contributed by atoms with Crippen molar-refractivity contribution in [2.45, 2.75) is 11.8 Å². The third-order valence-electron chi connectivity index (χ3n) is 1.52. The molecule has 0 bridgehead atoms. The summed E-state index contributed by atoms with van der Waals surface area (Å²) in [6.07, 6.45) is -1.89. The van der Waals surface area contributed by atoms with Crippen molar-refractivity contribution < 1.29 is 13.2 Å². The molecular formula is C7H6BrF3N2. The Morgan fingerprint density at radius 2 is 2.15 bits per heavy atom. The fourth-order valence-electron chi connectivity index (χ4n) is 0.843. The maximum atomic E-state index is 13.1. The predicted octanol–water partition coefficient (Wildman–Crippen LogP) is 2.64. The number of aromatic nitrogens is 1. The quantitative estimate of drug-likeness (QED) is 0.825. The highest BCUT2D eigenvalue weighted by molar-refractivity contribution is 9.08. The number of hydrogen-bond acceptors (Lipinski definition) is 2. The van der Waals surface area contributed by atoms with Crippen LogP contribution in [0.3, 0.4) is 0 Å². The Kier molecular flexibility index (Phi) is 3.13. The molecule has 0 unspecified atom stereocenters. The standard InChI is InChI=1S/C7H6BrF3N2/c8-1-3-4(12)2-13-6(5(3)9)7(10)11/h2,7H,1,12H2. The second-order valence-corrected chi connectivity index (χ2v) is 2.89. The topological polar surface area (TPSA) is 38.9 Å². The van der Waals surface area contributed by atoms with Crippen LogP contribution in [0.2, 0.25) is 0 Å². The second-order valence-electron chi connectivity index (χ2n) is 2.33. The minimum atomic E-state index is -2.92. The van der Waals surface area contributed by atoms with Crippen LogP contribution in [-0.4, -0.2) is 4.98 Å². The molecule has 0 spiro atoms. The Labute approximate surface area is 81.1 Å². The zero-order chi connectivity index (χ0) is 10.0. The van der Waals surface area contributed by atoms with Crippen molar-refractivity contribution in [3.8, 4) is 0 Å². The van der Waals surface area contributed by atoms with Crippen molar-refractivity contribution in [3.63, 3.8) is 0 Å². The average molecular weight is 255 g/mol. The van der Waals surface area contributed by atoms with Gasteiger partial charge in [-0.05, 0) is 0 Å². The smallest absolute Gasteiger partial charge is 0.283 e. The monoisotopic (exact) mass is 254 g/mol. The Hall–Kier alpha value is -0.780. The van der Waals surface area contributed by atoms with Crippen LogP contribution in [0.25, 0.3) is 0 Å². The van der Waals surface area contributed by atoms with E-state index in [1.54, 1.807) is 0 Å². The maximum Gasteiger partial charge on any atom is 0.283 e. The maximum absolute atomic E-state index is 13.1. The summed E-state index contributed by atoms with van der Waals surface area (Å²) in [7, 11) is 0. The first-order chi connectivity index (χ1) is 6.07. The molecule has 0 aromatic carbocycles. The van der Waals surface area contributed by atoms with Gasteiger partial charge in [0, 0.05) is 10.9 Å². The first-order valence-electron chi connectivity index (χ1n) is 3.34. The molecule has 1 aromatic heterocycles. The zero-order valence-electron chi connectivity index (χ0n) is 6.40. The summed E-state index contributed by atoms with van der Waals surface area (Å²) >= 11 is 2.95. The number of hydrogen-bond donors (Lipinski definition) is 1. The van der Waals surface area contributed by atoms with E-state index >= 15 is 0 Å². The van der Waals surface area contributed by atoms with E-state index < -0.39 is 17.9 Å². The van der Waals surface area contributed by atoms with Crippen LogP contribution >= 0.6 is 15.9 Å². The van der Waals surface area contributed by atoms with Crippen LogP contribution in [0.4, 0.5) is 18.9 Å². The molecule has 72 valence electrons. The molecular weight excluding hydrogens is 249 g/mol. The largest absolute Gasteiger partial charge is 0.397 e. The molecule has 0 amide bonds. The summed E-state index contributed by atoms with van der Waals surface area (Å²) < 4.78 is 37.4. The number of anilines is 1. The second kappa shape index (κ2) is 3.95. The van der Waals surface area contributed by atoms with E-state index in [-0.39, 0.29) is 16.6 Å². The Bertz CT molecular complexity index is 317. The summed E-state index contributed by atoms with van der Waals surface area (Å²) in [5.74, 6) is -1.04. The summed E-state index contributed by atoms with van der Waals surface area (Å²) in [5.41, 5.74) is 4.55. The molecule has 0 saturated carbocycles. The van der Waals surface area contributed by atoms with Crippen molar-refractivity contribution in [2.75, 3.05) is 5.73 Å². The first-order valence-corrected chi connectivity index (χ1v) is 4.47. The predicted molar refractivity (Wildman–Crippen MR) is 46.2 cm³/mol. The molecule has 1 heterocycles. The van der Waals surface area contributed by atoms with Crippen molar-refractivity contribution in [1.82, 2.24) is 4.98 Å². The van der Waals surface area contributed by atoms with Gasteiger partial charge in [0.05, 0.1) is 11.9 Å². The van der Waals surface area contributed by atoms with Gasteiger partial charge in [-0.2, -0.15) is 0 Å². The average Bonchev–Trinajstić information content (AvgIpc) is 2.04. The Morgan fingerprint density at radius 1 is 1.54 bits per heavy atom. The number of nitrogens with two attached hydrogens (primary N) is 1. The molecule has 0 aliphatic rings. The van der Waals surface area contributed by atoms with Crippen LogP contribution in [0.1, 0.15) is 17.7 Å². The minimum Gasteiger partial charge on any atom is -0.397 e. The zero-order valence-corrected chi connectivity index (χ0v) is 7.98. The van der Waals surface area contributed by atoms with Gasteiger partial charge in [-0.25, -0.2) is 18.2 Å². The molecule has 2 nitrogen and oxygen atoms in total. The van der Waals surface area contributed by atoms with Gasteiger partial charge in [0.25, 0.3) is 6.43 Å². The van der Waals surface area contributed by atoms with Crippen LogP contribution in [-0.2, 0) is 5.33 Å². The number of pyridine rings is 1. The van der Waals surface area contributed by atoms with E-state index in [1.807, 2.05) is 0 Å². The number of nitrogens with zero attached hydrogens (tertiary/aromatic N) is 1. The molecule has 0 aliphatic carbocycles. The molecule has 1 aromatic rings. The first kappa shape index (κ1) is 10.3. The van der Waals surface area contributed by atoms with E-state index in [2.05, 4.69) is 20.9 Å². The molecule has 0 fully saturated rings. The van der Waals surface area contributed by atoms with Crippen LogP contribution in [0.15, 0.2) is 6.20 Å². The normalized spacial score (nSPS) is 10.8. The fraction of sp³-hybridized carbons (Fsp3) is 0.286. The Balaban J connectivity index is 3.27. The van der Waals surface area contributed by atoms with E-state index in [0.29, 0.717) is 0 Å². The summed E-state index contributed by atoms with van der Waals surface area (Å²) in [6, 6.07) is 0. The van der Waals surface area contributed by atoms with Crippen molar-refractivity contribution in [1.29, 1.82) is 0 Å². The highest BCUT2D eigenvalue weighted by Gasteiger charge is 2.19. The third-order valence-corrected chi connectivity index (χ3v) is 2.08. The van der Waals surface area contributed by atoms with Gasteiger partial charge >= 0.3 is 0 Å². The van der Waals surface area contributed by atoms with Gasteiger partial charge in [0.2, 0.25) is 0 Å². The molecule has 6 heteroatoms. The van der Waals surface area contributed by atoms with E-state index in [9.17, 15) is 13.2 Å². The SMILES string of the molecule is Nc1cnc(C(F)F)c(F)c1CBr. The van der Waals surface area contributed by atoms with Crippen molar-refractivity contribution in [3.05, 3.63) is 23.3 Å². The van der Waals surface area contributed by atoms with Crippen molar-refractivity contribution >= 4 is 21.6 Å². The molecule has 13 heavy (non-hydrogen) atoms. The molecule has 0 atom stereocenters. The number of halogens is 4. The number of rotatable bonds is 2. The lowest BCUT2D eigenvalue weighted by Crippen LogP contribution is -2.03. The molecule has 1 rings (SSSR count). The fourth-order valence-corrected chi connectivity index (χ4v) is 1.41. The molecule has 0 radical (unpaired) electrons. The molecule has 0 saturated heterocycles. The van der Waals surface area contributed by atoms with E-state index in [0.717, 1.165) is 6.20 Å². The number of alkyl halides is 3. The van der Waals surface area contributed by atoms with Crippen molar-refractivity contribution in [2.24, 2.45) is 0 Å². The summed E-state index contributed by atoms with van der Waals surface area (Å²) in [5, 5.41) is 0.0902. The van der Waals surface area contributed by atoms with Crippen LogP contribution in [0.5, 0.6) is 0 Å². The van der Waals surface area contributed by atoms with Gasteiger partial charge in [-0.15, -0.1) is 0 Å². The van der Waals surface area contributed by atoms with Crippen LogP contribution < -0.4 is 5.73 Å². The number of nitrogen functional groups attached to an aromatic ring is 1. The van der Waals surface area contributed by atoms with Gasteiger partial charge < -0.3 is 5.73 Å². The third kappa shape index (κ3) is 1.93. The highest BCUT2D eigenvalue weighted by atomic mass is 79.9. The van der Waals surface area contributed by atoms with Gasteiger partial charge in [0.15, 0.2) is 5.82 Å². The Morgan fingerprint density at radius 3 is 2.62 bits per heavy atom. The lowest BCUT2D eigenvalue weighted by Gasteiger charge is -2.06. The van der Waals surface area contributed by atoms with E-state index in [1.165, 1.54) is 0 Å². The highest BCUT2D eigenvalue weighted by Crippen LogP contribution is 2.26. The lowest BCUT2D eigenvalue weighted by molar-refractivity contribution is 0.140. The molecule has 0 aliphatic heterocycles. The lowest BCUT2D eigenvalue weighted by atomic mass is 10.2. The van der Waals surface area contributed by atoms with Gasteiger partial charge in [-0.3, -0.25) is 0 Å². The van der Waals surface area contributed by atoms with Crippen LogP contribution in [0, 0.1) is 5.82 Å². The van der Waals surface area contributed by atoms with Gasteiger partial charge in [-0.1, -0.05) is 15.9 Å². The minimum absolute atomic E-state index is 0.0188. The van der Waals surface area contributed by atoms with Gasteiger partial charge in [0.1, 0.15) is 5.69 Å². The summed E-state index contributed by atoms with van der Waals surface area (Å²) in [6.45, 7) is 0. The molecule has 2 N–H and O–H groups in total. The van der Waals surface area contributed by atoms with E-state index in [4.69, 9.17) is 5.73 Å². The summed E-state index contributed by atoms with van der Waals surface area (Å²) in [4.78, 5) is 3.22.